The van der Waals surface area contributed by atoms with Crippen molar-refractivity contribution in [1.82, 2.24) is 14.5 Å². The zero-order chi connectivity index (χ0) is 21.2. The number of aryl methyl sites for hydroxylation is 1. The highest BCUT2D eigenvalue weighted by molar-refractivity contribution is 6.30. The van der Waals surface area contributed by atoms with Gasteiger partial charge in [-0.25, -0.2) is 9.97 Å². The molecule has 158 valence electrons. The highest BCUT2D eigenvalue weighted by Gasteiger charge is 2.54. The van der Waals surface area contributed by atoms with Crippen LogP contribution >= 0.6 is 11.6 Å². The van der Waals surface area contributed by atoms with Crippen molar-refractivity contribution in [2.24, 2.45) is 0 Å². The minimum atomic E-state index is -3.96. The molecule has 0 aliphatic carbocycles. The van der Waals surface area contributed by atoms with Gasteiger partial charge in [0.05, 0.1) is 5.69 Å². The Bertz CT molecular complexity index is 1130. The third-order valence-electron chi connectivity index (χ3n) is 5.33. The van der Waals surface area contributed by atoms with Gasteiger partial charge in [-0.05, 0) is 25.1 Å². The van der Waals surface area contributed by atoms with Crippen molar-refractivity contribution in [3.05, 3.63) is 53.1 Å². The number of aromatic nitrogens is 3. The summed E-state index contributed by atoms with van der Waals surface area (Å²) in [6.07, 6.45) is -7.69. The third kappa shape index (κ3) is 3.03. The molecule has 1 fully saturated rings. The fraction of sp³-hybridized carbons (Fsp3) is 0.368. The van der Waals surface area contributed by atoms with Gasteiger partial charge in [0.25, 0.3) is 0 Å². The summed E-state index contributed by atoms with van der Waals surface area (Å²) in [5, 5.41) is 22.2. The van der Waals surface area contributed by atoms with E-state index in [1.165, 1.54) is 29.1 Å². The van der Waals surface area contributed by atoms with E-state index in [4.69, 9.17) is 21.1 Å². The van der Waals surface area contributed by atoms with Gasteiger partial charge in [-0.15, -0.1) is 8.78 Å². The fourth-order valence-electron chi connectivity index (χ4n) is 3.91. The maximum absolute atomic E-state index is 14.1. The highest BCUT2D eigenvalue weighted by Crippen LogP contribution is 2.47. The van der Waals surface area contributed by atoms with Gasteiger partial charge in [0.2, 0.25) is 0 Å². The zero-order valence-electron chi connectivity index (χ0n) is 15.4. The number of ether oxygens (including phenoxy) is 3. The quantitative estimate of drug-likeness (QED) is 0.633. The van der Waals surface area contributed by atoms with Gasteiger partial charge in [-0.1, -0.05) is 17.7 Å². The van der Waals surface area contributed by atoms with E-state index in [9.17, 15) is 19.0 Å². The van der Waals surface area contributed by atoms with E-state index in [0.717, 1.165) is 11.1 Å². The first-order valence-corrected chi connectivity index (χ1v) is 9.47. The maximum Gasteiger partial charge on any atom is 0.535 e. The molecule has 1 aromatic carbocycles. The van der Waals surface area contributed by atoms with Gasteiger partial charge in [0.1, 0.15) is 42.1 Å². The van der Waals surface area contributed by atoms with Gasteiger partial charge < -0.3 is 24.3 Å². The van der Waals surface area contributed by atoms with E-state index in [2.05, 4.69) is 14.7 Å². The number of halogens is 3. The second kappa shape index (κ2) is 6.82. The molecule has 2 N–H and O–H groups in total. The smallest absolute Gasteiger partial charge is 0.409 e. The summed E-state index contributed by atoms with van der Waals surface area (Å²) in [7, 11) is 0. The van der Waals surface area contributed by atoms with Crippen LogP contribution in [0.2, 0.25) is 5.02 Å². The van der Waals surface area contributed by atoms with E-state index in [1.54, 1.807) is 19.2 Å². The molecule has 2 aliphatic rings. The number of alkyl halides is 2. The lowest BCUT2D eigenvalue weighted by molar-refractivity contribution is -0.392. The average Bonchev–Trinajstić information content (AvgIpc) is 3.23. The summed E-state index contributed by atoms with van der Waals surface area (Å²) in [5.74, 6) is -0.188. The molecule has 1 saturated heterocycles. The molecule has 3 aromatic rings. The SMILES string of the molecule is Cc1ncnc2c1ccn2[C@@H]1O[C@H]([C@@H]2OC(F)(F)Oc3cc(Cl)ccc32)[C@@H](O)[C@H]1O. The molecule has 5 rings (SSSR count). The van der Waals surface area contributed by atoms with Crippen LogP contribution in [0.15, 0.2) is 36.8 Å². The normalized spacial score (nSPS) is 30.3. The van der Waals surface area contributed by atoms with Crippen LogP contribution in [0.3, 0.4) is 0 Å². The fourth-order valence-corrected chi connectivity index (χ4v) is 4.07. The molecule has 2 aromatic heterocycles. The Hall–Kier alpha value is -2.37. The minimum absolute atomic E-state index is 0.188. The predicted molar refractivity (Wildman–Crippen MR) is 99.0 cm³/mol. The van der Waals surface area contributed by atoms with Crippen LogP contribution in [-0.4, -0.2) is 49.4 Å². The van der Waals surface area contributed by atoms with Crippen LogP contribution in [0, 0.1) is 6.92 Å². The van der Waals surface area contributed by atoms with Crippen molar-refractivity contribution >= 4 is 22.6 Å². The van der Waals surface area contributed by atoms with Crippen LogP contribution < -0.4 is 4.74 Å². The number of fused-ring (bicyclic) bond motifs is 2. The number of hydrogen-bond acceptors (Lipinski definition) is 7. The number of benzene rings is 1. The first-order valence-electron chi connectivity index (χ1n) is 9.09. The van der Waals surface area contributed by atoms with Crippen LogP contribution in [0.4, 0.5) is 8.78 Å². The molecule has 8 nitrogen and oxygen atoms in total. The molecule has 11 heteroatoms. The Balaban J connectivity index is 1.53. The van der Waals surface area contributed by atoms with Crippen LogP contribution in [0.25, 0.3) is 11.0 Å². The highest BCUT2D eigenvalue weighted by atomic mass is 35.5. The van der Waals surface area contributed by atoms with E-state index in [1.807, 2.05) is 0 Å². The van der Waals surface area contributed by atoms with E-state index in [0.29, 0.717) is 5.65 Å². The summed E-state index contributed by atoms with van der Waals surface area (Å²) >= 11 is 5.89. The number of rotatable bonds is 2. The number of hydrogen-bond donors (Lipinski definition) is 2. The van der Waals surface area contributed by atoms with Gasteiger partial charge in [0, 0.05) is 22.2 Å². The topological polar surface area (TPSA) is 98.9 Å². The van der Waals surface area contributed by atoms with Gasteiger partial charge in [-0.3, -0.25) is 4.74 Å². The minimum Gasteiger partial charge on any atom is -0.409 e. The molecule has 0 saturated carbocycles. The van der Waals surface area contributed by atoms with E-state index in [-0.39, 0.29) is 16.3 Å². The molecule has 0 radical (unpaired) electrons. The molecule has 5 atom stereocenters. The van der Waals surface area contributed by atoms with Gasteiger partial charge in [0.15, 0.2) is 6.23 Å². The van der Waals surface area contributed by atoms with Crippen molar-refractivity contribution < 1.29 is 33.2 Å². The lowest BCUT2D eigenvalue weighted by atomic mass is 9.97. The summed E-state index contributed by atoms with van der Waals surface area (Å²) in [6, 6.07) is 5.92. The molecular weight excluding hydrogens is 424 g/mol. The van der Waals surface area contributed by atoms with E-state index >= 15 is 0 Å². The Morgan fingerprint density at radius 2 is 1.97 bits per heavy atom. The Morgan fingerprint density at radius 3 is 2.77 bits per heavy atom. The first-order chi connectivity index (χ1) is 14.2. The standard InChI is InChI=1S/C19H16ClF2N3O5/c1-8-10-4-5-25(17(10)24-7-23-8)18-14(27)13(26)16(28-18)15-11-3-2-9(20)6-12(11)29-19(21,22)30-15/h2-7,13-16,18,26-27H,1H3/t13-,14+,15+,16-,18+/m0/s1. The number of aliphatic hydroxyl groups excluding tert-OH is 2. The molecule has 0 bridgehead atoms. The molecule has 0 amide bonds. The van der Waals surface area contributed by atoms with Crippen molar-refractivity contribution in [1.29, 1.82) is 0 Å². The molecule has 4 heterocycles. The summed E-state index contributed by atoms with van der Waals surface area (Å²) in [5.41, 5.74) is 1.42. The molecule has 0 unspecified atom stereocenters. The zero-order valence-corrected chi connectivity index (χ0v) is 16.2. The van der Waals surface area contributed by atoms with Crippen molar-refractivity contribution in [2.75, 3.05) is 0 Å². The average molecular weight is 440 g/mol. The third-order valence-corrected chi connectivity index (χ3v) is 5.57. The Labute approximate surface area is 173 Å². The molecule has 0 spiro atoms. The van der Waals surface area contributed by atoms with Gasteiger partial charge in [-0.2, -0.15) is 0 Å². The number of aliphatic hydroxyl groups is 2. The van der Waals surface area contributed by atoms with E-state index < -0.39 is 36.9 Å². The second-order valence-electron chi connectivity index (χ2n) is 7.18. The lowest BCUT2D eigenvalue weighted by Gasteiger charge is -2.34. The summed E-state index contributed by atoms with van der Waals surface area (Å²) in [4.78, 5) is 8.32. The monoisotopic (exact) mass is 439 g/mol. The van der Waals surface area contributed by atoms with Crippen LogP contribution in [0.1, 0.15) is 23.6 Å². The first kappa shape index (κ1) is 19.6. The second-order valence-corrected chi connectivity index (χ2v) is 7.61. The van der Waals surface area contributed by atoms with Crippen LogP contribution in [-0.2, 0) is 9.47 Å². The Morgan fingerprint density at radius 1 is 1.17 bits per heavy atom. The van der Waals surface area contributed by atoms with Crippen molar-refractivity contribution in [3.8, 4) is 5.75 Å². The predicted octanol–water partition coefficient (Wildman–Crippen LogP) is 2.71. The lowest BCUT2D eigenvalue weighted by Crippen LogP contribution is -2.43. The van der Waals surface area contributed by atoms with Gasteiger partial charge >= 0.3 is 6.29 Å². The maximum atomic E-state index is 14.1. The van der Waals surface area contributed by atoms with Crippen molar-refractivity contribution in [2.45, 2.75) is 43.9 Å². The molecular formula is C19H16ClF2N3O5. The number of nitrogens with zero attached hydrogens (tertiary/aromatic N) is 3. The van der Waals surface area contributed by atoms with Crippen LogP contribution in [0.5, 0.6) is 5.75 Å². The molecule has 30 heavy (non-hydrogen) atoms. The molecule has 2 aliphatic heterocycles. The van der Waals surface area contributed by atoms with Crippen molar-refractivity contribution in [3.63, 3.8) is 0 Å². The Kier molecular flexibility index (Phi) is 4.46. The largest absolute Gasteiger partial charge is 0.535 e. The summed E-state index contributed by atoms with van der Waals surface area (Å²) < 4.78 is 44.8. The summed E-state index contributed by atoms with van der Waals surface area (Å²) in [6.45, 7) is 1.80.